The lowest BCUT2D eigenvalue weighted by Crippen LogP contribution is -2.50. The normalized spacial score (nSPS) is 27.5. The number of hydrogen-bond acceptors (Lipinski definition) is 5. The number of Topliss-reactive ketones (excluding diaryl/α,β-unsaturated/α-hetero) is 1. The van der Waals surface area contributed by atoms with Crippen molar-refractivity contribution in [2.45, 2.75) is 38.5 Å². The number of hydrogen-bond donors (Lipinski definition) is 0. The van der Waals surface area contributed by atoms with Crippen LogP contribution in [0.1, 0.15) is 48.9 Å². The van der Waals surface area contributed by atoms with Crippen LogP contribution in [-0.4, -0.2) is 33.4 Å². The Bertz CT molecular complexity index is 1150. The van der Waals surface area contributed by atoms with Crippen LogP contribution in [0.4, 0.5) is 0 Å². The standard InChI is InChI=1S/C27H27N3O3/c31-25(17-33-26(32)27-13-18-10-19(14-27)12-20(11-18)15-27)22-6-8-23(9-7-22)30-24(16-28-29-30)21-4-2-1-3-5-21/h1-9,16,18-20H,10-15,17H2. The van der Waals surface area contributed by atoms with Crippen LogP contribution in [0.15, 0.2) is 60.8 Å². The summed E-state index contributed by atoms with van der Waals surface area (Å²) in [4.78, 5) is 25.8. The van der Waals surface area contributed by atoms with E-state index in [1.54, 1.807) is 23.0 Å². The number of carbonyl (C=O) groups excluding carboxylic acids is 2. The first-order valence-electron chi connectivity index (χ1n) is 11.9. The molecule has 1 heterocycles. The third-order valence-corrected chi connectivity index (χ3v) is 7.86. The maximum Gasteiger partial charge on any atom is 0.312 e. The average Bonchev–Trinajstić information content (AvgIpc) is 3.32. The zero-order valence-electron chi connectivity index (χ0n) is 18.5. The lowest BCUT2D eigenvalue weighted by Gasteiger charge is -2.55. The molecule has 0 unspecified atom stereocenters. The van der Waals surface area contributed by atoms with Gasteiger partial charge in [-0.1, -0.05) is 35.5 Å². The molecule has 4 fully saturated rings. The first-order valence-corrected chi connectivity index (χ1v) is 11.9. The molecule has 4 aliphatic rings. The minimum Gasteiger partial charge on any atom is -0.457 e. The minimum atomic E-state index is -0.334. The van der Waals surface area contributed by atoms with Gasteiger partial charge < -0.3 is 4.74 Å². The summed E-state index contributed by atoms with van der Waals surface area (Å²) in [5.74, 6) is 1.68. The quantitative estimate of drug-likeness (QED) is 0.403. The van der Waals surface area contributed by atoms with Crippen molar-refractivity contribution in [3.8, 4) is 16.9 Å². The van der Waals surface area contributed by atoms with Crippen molar-refractivity contribution in [3.05, 3.63) is 66.4 Å². The van der Waals surface area contributed by atoms with Gasteiger partial charge in [0, 0.05) is 11.1 Å². The fourth-order valence-electron chi connectivity index (χ4n) is 6.75. The molecule has 0 amide bonds. The largest absolute Gasteiger partial charge is 0.457 e. The monoisotopic (exact) mass is 441 g/mol. The van der Waals surface area contributed by atoms with Crippen LogP contribution in [0.2, 0.25) is 0 Å². The number of carbonyl (C=O) groups is 2. The molecular weight excluding hydrogens is 414 g/mol. The van der Waals surface area contributed by atoms with Gasteiger partial charge in [0.2, 0.25) is 0 Å². The Morgan fingerprint density at radius 2 is 1.55 bits per heavy atom. The molecule has 6 heteroatoms. The van der Waals surface area contributed by atoms with Gasteiger partial charge >= 0.3 is 5.97 Å². The molecule has 6 nitrogen and oxygen atoms in total. The fourth-order valence-corrected chi connectivity index (χ4v) is 6.75. The molecule has 0 saturated heterocycles. The van der Waals surface area contributed by atoms with Crippen LogP contribution in [0.25, 0.3) is 16.9 Å². The second-order valence-electron chi connectivity index (χ2n) is 10.1. The van der Waals surface area contributed by atoms with Crippen molar-refractivity contribution in [2.24, 2.45) is 23.2 Å². The van der Waals surface area contributed by atoms with Crippen LogP contribution in [0, 0.1) is 23.2 Å². The highest BCUT2D eigenvalue weighted by atomic mass is 16.5. The molecule has 7 rings (SSSR count). The molecule has 0 radical (unpaired) electrons. The van der Waals surface area contributed by atoms with Gasteiger partial charge in [0.25, 0.3) is 0 Å². The molecule has 0 atom stereocenters. The summed E-state index contributed by atoms with van der Waals surface area (Å²) in [5, 5.41) is 8.25. The third kappa shape index (κ3) is 3.67. The Morgan fingerprint density at radius 3 is 2.18 bits per heavy atom. The Labute approximate surface area is 193 Å². The van der Waals surface area contributed by atoms with E-state index in [2.05, 4.69) is 10.3 Å². The molecule has 4 aliphatic carbocycles. The van der Waals surface area contributed by atoms with E-state index in [1.807, 2.05) is 42.5 Å². The maximum absolute atomic E-state index is 13.0. The second-order valence-corrected chi connectivity index (χ2v) is 10.1. The van der Waals surface area contributed by atoms with Gasteiger partial charge in [0.05, 0.1) is 23.0 Å². The Hall–Kier alpha value is -3.28. The third-order valence-electron chi connectivity index (χ3n) is 7.86. The van der Waals surface area contributed by atoms with Gasteiger partial charge in [0.15, 0.2) is 12.4 Å². The summed E-state index contributed by atoms with van der Waals surface area (Å²) >= 11 is 0. The first-order chi connectivity index (χ1) is 16.1. The Kier molecular flexibility index (Phi) is 4.89. The highest BCUT2D eigenvalue weighted by molar-refractivity contribution is 5.98. The van der Waals surface area contributed by atoms with Crippen LogP contribution in [-0.2, 0) is 9.53 Å². The van der Waals surface area contributed by atoms with E-state index in [0.29, 0.717) is 23.3 Å². The molecular formula is C27H27N3O3. The van der Waals surface area contributed by atoms with E-state index < -0.39 is 0 Å². The number of benzene rings is 2. The predicted octanol–water partition coefficient (Wildman–Crippen LogP) is 4.88. The summed E-state index contributed by atoms with van der Waals surface area (Å²) < 4.78 is 7.35. The lowest BCUT2D eigenvalue weighted by molar-refractivity contribution is -0.170. The van der Waals surface area contributed by atoms with Crippen molar-refractivity contribution in [1.82, 2.24) is 15.0 Å². The zero-order valence-corrected chi connectivity index (χ0v) is 18.5. The second kappa shape index (κ2) is 7.94. The van der Waals surface area contributed by atoms with Gasteiger partial charge in [-0.2, -0.15) is 0 Å². The van der Waals surface area contributed by atoms with Crippen LogP contribution >= 0.6 is 0 Å². The number of aromatic nitrogens is 3. The Morgan fingerprint density at radius 1 is 0.909 bits per heavy atom. The average molecular weight is 442 g/mol. The van der Waals surface area contributed by atoms with E-state index in [1.165, 1.54) is 19.3 Å². The number of ether oxygens (including phenoxy) is 1. The molecule has 0 aliphatic heterocycles. The molecule has 33 heavy (non-hydrogen) atoms. The maximum atomic E-state index is 13.0. The van der Waals surface area contributed by atoms with Gasteiger partial charge in [-0.05, 0) is 80.5 Å². The van der Waals surface area contributed by atoms with Crippen molar-refractivity contribution >= 4 is 11.8 Å². The Balaban J connectivity index is 1.12. The molecule has 168 valence electrons. The van der Waals surface area contributed by atoms with Crippen molar-refractivity contribution in [2.75, 3.05) is 6.61 Å². The molecule has 1 aromatic heterocycles. The van der Waals surface area contributed by atoms with Gasteiger partial charge in [-0.25, -0.2) is 4.68 Å². The highest BCUT2D eigenvalue weighted by Gasteiger charge is 2.55. The van der Waals surface area contributed by atoms with E-state index in [4.69, 9.17) is 4.74 Å². The zero-order chi connectivity index (χ0) is 22.4. The topological polar surface area (TPSA) is 74.1 Å². The minimum absolute atomic E-state index is 0.151. The van der Waals surface area contributed by atoms with Crippen molar-refractivity contribution < 1.29 is 14.3 Å². The predicted molar refractivity (Wildman–Crippen MR) is 123 cm³/mol. The van der Waals surface area contributed by atoms with Crippen LogP contribution < -0.4 is 0 Å². The summed E-state index contributed by atoms with van der Waals surface area (Å²) in [7, 11) is 0. The van der Waals surface area contributed by atoms with Gasteiger partial charge in [-0.3, -0.25) is 9.59 Å². The van der Waals surface area contributed by atoms with Crippen LogP contribution in [0.3, 0.4) is 0 Å². The van der Waals surface area contributed by atoms with Gasteiger partial charge in [-0.15, -0.1) is 5.10 Å². The number of nitrogens with zero attached hydrogens (tertiary/aromatic N) is 3. The molecule has 0 N–H and O–H groups in total. The van der Waals surface area contributed by atoms with E-state index in [-0.39, 0.29) is 23.8 Å². The molecule has 2 aromatic carbocycles. The SMILES string of the molecule is O=C(COC(=O)C12CC3CC(CC(C3)C1)C2)c1ccc(-n2nncc2-c2ccccc2)cc1. The molecule has 4 saturated carbocycles. The fraction of sp³-hybridized carbons (Fsp3) is 0.407. The molecule has 4 bridgehead atoms. The van der Waals surface area contributed by atoms with E-state index >= 15 is 0 Å². The summed E-state index contributed by atoms with van der Waals surface area (Å²) in [6.45, 7) is -0.196. The summed E-state index contributed by atoms with van der Waals surface area (Å²) in [5.41, 5.74) is 2.89. The van der Waals surface area contributed by atoms with Crippen molar-refractivity contribution in [3.63, 3.8) is 0 Å². The van der Waals surface area contributed by atoms with E-state index in [0.717, 1.165) is 36.2 Å². The molecule has 0 spiro atoms. The van der Waals surface area contributed by atoms with Gasteiger partial charge in [0.1, 0.15) is 0 Å². The number of esters is 1. The summed E-state index contributed by atoms with van der Waals surface area (Å²) in [6, 6.07) is 17.1. The van der Waals surface area contributed by atoms with Crippen molar-refractivity contribution in [1.29, 1.82) is 0 Å². The smallest absolute Gasteiger partial charge is 0.312 e. The van der Waals surface area contributed by atoms with Crippen LogP contribution in [0.5, 0.6) is 0 Å². The first kappa shape index (κ1) is 20.3. The van der Waals surface area contributed by atoms with E-state index in [9.17, 15) is 9.59 Å². The number of ketones is 1. The number of rotatable bonds is 6. The highest BCUT2D eigenvalue weighted by Crippen LogP contribution is 2.60. The lowest BCUT2D eigenvalue weighted by atomic mass is 9.49. The summed E-state index contributed by atoms with van der Waals surface area (Å²) in [6.07, 6.45) is 8.38. The molecule has 3 aromatic rings.